The maximum absolute atomic E-state index is 10.6. The molecule has 2 heterocycles. The van der Waals surface area contributed by atoms with Crippen LogP contribution in [0.1, 0.15) is 38.5 Å². The van der Waals surface area contributed by atoms with E-state index in [2.05, 4.69) is 10.3 Å². The van der Waals surface area contributed by atoms with Crippen LogP contribution < -0.4 is 11.1 Å². The molecule has 0 aromatic heterocycles. The molecule has 6 atom stereocenters. The average Bonchev–Trinajstić information content (AvgIpc) is 3.43. The number of hydrogen-bond donors (Lipinski definition) is 6. The predicted octanol–water partition coefficient (Wildman–Crippen LogP) is -0.505. The fraction of sp³-hybridized carbons (Fsp3) is 0.737. The summed E-state index contributed by atoms with van der Waals surface area (Å²) < 4.78 is 11.2. The lowest BCUT2D eigenvalue weighted by Crippen LogP contribution is -2.55. The number of hydrogen-bond acceptors (Lipinski definition) is 8. The molecule has 3 aliphatic rings. The Bertz CT molecular complexity index is 702. The highest BCUT2D eigenvalue weighted by Gasteiger charge is 2.59. The number of aliphatic hydroxyl groups is 3. The summed E-state index contributed by atoms with van der Waals surface area (Å²) in [6.07, 6.45) is 3.08. The normalized spacial score (nSPS) is 36.5. The zero-order valence-electron chi connectivity index (χ0n) is 16.2. The van der Waals surface area contributed by atoms with Gasteiger partial charge in [-0.1, -0.05) is 31.8 Å². The third-order valence-electron chi connectivity index (χ3n) is 6.01. The van der Waals surface area contributed by atoms with Crippen molar-refractivity contribution in [3.8, 4) is 6.07 Å². The summed E-state index contributed by atoms with van der Waals surface area (Å²) in [6, 6.07) is 1.33. The van der Waals surface area contributed by atoms with Gasteiger partial charge in [0, 0.05) is 6.42 Å². The molecule has 3 rings (SSSR count). The van der Waals surface area contributed by atoms with Crippen molar-refractivity contribution in [2.75, 3.05) is 6.61 Å². The molecule has 2 unspecified atom stereocenters. The van der Waals surface area contributed by atoms with Gasteiger partial charge in [-0.2, -0.15) is 5.26 Å². The van der Waals surface area contributed by atoms with Gasteiger partial charge < -0.3 is 35.8 Å². The highest BCUT2D eigenvalue weighted by atomic mass is 16.6. The van der Waals surface area contributed by atoms with Crippen LogP contribution in [0.3, 0.4) is 0 Å². The Balaban J connectivity index is 1.60. The summed E-state index contributed by atoms with van der Waals surface area (Å²) in [5.74, 6) is 0.516. The van der Waals surface area contributed by atoms with E-state index >= 15 is 0 Å². The minimum Gasteiger partial charge on any atom is -0.387 e. The smallest absolute Gasteiger partial charge is 0.203 e. The van der Waals surface area contributed by atoms with Gasteiger partial charge in [-0.3, -0.25) is 5.41 Å². The zero-order valence-corrected chi connectivity index (χ0v) is 16.2. The summed E-state index contributed by atoms with van der Waals surface area (Å²) in [5, 5.41) is 50.9. The van der Waals surface area contributed by atoms with E-state index in [1.165, 1.54) is 0 Å². The third kappa shape index (κ3) is 4.44. The molecule has 10 nitrogen and oxygen atoms in total. The van der Waals surface area contributed by atoms with E-state index < -0.39 is 36.2 Å². The zero-order chi connectivity index (χ0) is 21.0. The topological polar surface area (TPSA) is 177 Å². The number of nitrogens with two attached hydrogens (primary N) is 1. The van der Waals surface area contributed by atoms with Crippen LogP contribution in [0.25, 0.3) is 0 Å². The van der Waals surface area contributed by atoms with Gasteiger partial charge in [0.25, 0.3) is 0 Å². The Morgan fingerprint density at radius 2 is 2.24 bits per heavy atom. The highest BCUT2D eigenvalue weighted by molar-refractivity contribution is 6.00. The molecule has 10 heteroatoms. The molecule has 1 saturated heterocycles. The van der Waals surface area contributed by atoms with E-state index in [1.807, 2.05) is 6.07 Å². The number of ether oxygens (including phenoxy) is 2. The standard InChI is InChI=1S/C19H29N5O5/c20-9-19(14-6-5-12(24-14)18(22)23-10-21)17(27)16(26)13(29-19)8-28-15(25)7-11-3-1-2-4-11/h5,10-11,13-17,24-27H,1-4,6-8H2,(H3,21,22,23)/t13-,14?,15?,16-,17-,19+/m1/s1. The molecule has 0 spiro atoms. The van der Waals surface area contributed by atoms with Gasteiger partial charge in [0.15, 0.2) is 6.29 Å². The predicted molar refractivity (Wildman–Crippen MR) is 104 cm³/mol. The molecule has 0 aromatic rings. The van der Waals surface area contributed by atoms with Gasteiger partial charge >= 0.3 is 0 Å². The van der Waals surface area contributed by atoms with Gasteiger partial charge in [-0.05, 0) is 12.3 Å². The molecule has 0 bridgehead atoms. The number of nitrogens with zero attached hydrogens (tertiary/aromatic N) is 2. The lowest BCUT2D eigenvalue weighted by molar-refractivity contribution is -0.153. The first-order chi connectivity index (χ1) is 13.9. The molecule has 1 aliphatic carbocycles. The van der Waals surface area contributed by atoms with Crippen LogP contribution in [0.2, 0.25) is 0 Å². The summed E-state index contributed by atoms with van der Waals surface area (Å²) >= 11 is 0. The van der Waals surface area contributed by atoms with Crippen molar-refractivity contribution in [3.05, 3.63) is 11.8 Å². The molecule has 7 N–H and O–H groups in total. The van der Waals surface area contributed by atoms with Gasteiger partial charge in [0.05, 0.1) is 18.3 Å². The second-order valence-electron chi connectivity index (χ2n) is 7.86. The van der Waals surface area contributed by atoms with Crippen LogP contribution in [-0.4, -0.2) is 70.3 Å². The van der Waals surface area contributed by atoms with E-state index in [0.717, 1.165) is 32.0 Å². The maximum atomic E-state index is 10.6. The quantitative estimate of drug-likeness (QED) is 0.177. The van der Waals surface area contributed by atoms with Crippen molar-refractivity contribution in [2.45, 2.75) is 74.8 Å². The molecule has 2 fully saturated rings. The Kier molecular flexibility index (Phi) is 6.87. The molecule has 0 amide bonds. The highest BCUT2D eigenvalue weighted by Crippen LogP contribution is 2.37. The maximum Gasteiger partial charge on any atom is 0.203 e. The first-order valence-corrected chi connectivity index (χ1v) is 9.95. The van der Waals surface area contributed by atoms with Crippen LogP contribution in [0.5, 0.6) is 0 Å². The number of aliphatic imine (C=N–C) groups is 1. The van der Waals surface area contributed by atoms with Crippen molar-refractivity contribution >= 4 is 12.2 Å². The summed E-state index contributed by atoms with van der Waals surface area (Å²) in [6.45, 7) is -0.139. The minimum atomic E-state index is -1.72. The first-order valence-electron chi connectivity index (χ1n) is 9.95. The third-order valence-corrected chi connectivity index (χ3v) is 6.01. The molecule has 0 radical (unpaired) electrons. The molecule has 160 valence electrons. The summed E-state index contributed by atoms with van der Waals surface area (Å²) in [4.78, 5) is 3.68. The minimum absolute atomic E-state index is 0.0820. The first kappa shape index (κ1) is 21.7. The van der Waals surface area contributed by atoms with Gasteiger partial charge in [-0.25, -0.2) is 4.99 Å². The van der Waals surface area contributed by atoms with Crippen molar-refractivity contribution in [2.24, 2.45) is 16.6 Å². The van der Waals surface area contributed by atoms with E-state index in [9.17, 15) is 20.6 Å². The molecule has 0 aromatic carbocycles. The fourth-order valence-electron chi connectivity index (χ4n) is 4.38. The van der Waals surface area contributed by atoms with Crippen LogP contribution in [0.15, 0.2) is 16.8 Å². The molecular formula is C19H29N5O5. The molecule has 29 heavy (non-hydrogen) atoms. The Labute approximate surface area is 169 Å². The lowest BCUT2D eigenvalue weighted by Gasteiger charge is -2.31. The Hall–Kier alpha value is -2.03. The van der Waals surface area contributed by atoms with E-state index in [-0.39, 0.29) is 12.4 Å². The second kappa shape index (κ2) is 9.19. The van der Waals surface area contributed by atoms with Gasteiger partial charge in [0.2, 0.25) is 5.60 Å². The lowest BCUT2D eigenvalue weighted by atomic mass is 9.87. The van der Waals surface area contributed by atoms with Gasteiger partial charge in [-0.15, -0.1) is 0 Å². The number of nitrogens with one attached hydrogen (secondary N) is 2. The number of rotatable bonds is 8. The van der Waals surface area contributed by atoms with E-state index in [0.29, 0.717) is 24.5 Å². The van der Waals surface area contributed by atoms with Crippen LogP contribution in [0.4, 0.5) is 0 Å². The van der Waals surface area contributed by atoms with Crippen molar-refractivity contribution in [1.29, 1.82) is 10.7 Å². The SMILES string of the molecule is N#C[C@@]1(C2CC=C(/C(N)=N\C=N)N2)O[C@H](COC(O)CC2CCCC2)[C@@H](O)[C@H]1O. The second-order valence-corrected chi connectivity index (χ2v) is 7.86. The molecule has 2 aliphatic heterocycles. The van der Waals surface area contributed by atoms with Crippen LogP contribution in [0, 0.1) is 22.7 Å². The fourth-order valence-corrected chi connectivity index (χ4v) is 4.38. The average molecular weight is 407 g/mol. The summed E-state index contributed by atoms with van der Waals surface area (Å²) in [7, 11) is 0. The number of aliphatic hydroxyl groups excluding tert-OH is 3. The largest absolute Gasteiger partial charge is 0.387 e. The number of amidine groups is 1. The molecule has 1 saturated carbocycles. The Morgan fingerprint density at radius 1 is 1.52 bits per heavy atom. The van der Waals surface area contributed by atoms with E-state index in [4.69, 9.17) is 20.6 Å². The number of nitriles is 1. The monoisotopic (exact) mass is 407 g/mol. The van der Waals surface area contributed by atoms with E-state index in [1.54, 1.807) is 6.08 Å². The Morgan fingerprint density at radius 3 is 2.90 bits per heavy atom. The van der Waals surface area contributed by atoms with Crippen molar-refractivity contribution in [1.82, 2.24) is 5.32 Å². The van der Waals surface area contributed by atoms with Crippen LogP contribution in [-0.2, 0) is 9.47 Å². The molecular weight excluding hydrogens is 378 g/mol. The van der Waals surface area contributed by atoms with Crippen LogP contribution >= 0.6 is 0 Å². The van der Waals surface area contributed by atoms with Gasteiger partial charge in [0.1, 0.15) is 36.6 Å². The van der Waals surface area contributed by atoms with Crippen molar-refractivity contribution in [3.63, 3.8) is 0 Å². The van der Waals surface area contributed by atoms with Crippen molar-refractivity contribution < 1.29 is 24.8 Å². The summed E-state index contributed by atoms with van der Waals surface area (Å²) in [5.41, 5.74) is 4.48.